The number of carbonyl (C=O) groups is 1. The lowest BCUT2D eigenvalue weighted by molar-refractivity contribution is -0.245. The molecule has 0 amide bonds. The lowest BCUT2D eigenvalue weighted by atomic mass is 9.66. The zero-order valence-electron chi connectivity index (χ0n) is 12.2. The zero-order valence-corrected chi connectivity index (χ0v) is 12.2. The first-order valence-corrected chi connectivity index (χ1v) is 7.53. The molecule has 19 heavy (non-hydrogen) atoms. The van der Waals surface area contributed by atoms with Gasteiger partial charge in [0.15, 0.2) is 5.78 Å². The Morgan fingerprint density at radius 3 is 2.68 bits per heavy atom. The molecule has 0 radical (unpaired) electrons. The number of piperidine rings is 1. The minimum atomic E-state index is -1.57. The molecule has 0 aromatic carbocycles. The van der Waals surface area contributed by atoms with E-state index in [4.69, 9.17) is 4.74 Å². The van der Waals surface area contributed by atoms with E-state index >= 15 is 0 Å². The van der Waals surface area contributed by atoms with Crippen molar-refractivity contribution in [2.75, 3.05) is 7.05 Å². The van der Waals surface area contributed by atoms with Crippen molar-refractivity contribution >= 4 is 5.78 Å². The molecular formula is C15H25NO3. The number of aliphatic hydroxyl groups is 1. The third-order valence-electron chi connectivity index (χ3n) is 5.64. The Kier molecular flexibility index (Phi) is 3.04. The number of rotatable bonds is 0. The van der Waals surface area contributed by atoms with Crippen LogP contribution in [0.4, 0.5) is 0 Å². The van der Waals surface area contributed by atoms with Crippen molar-refractivity contribution in [1.29, 1.82) is 0 Å². The standard InChI is InChI=1S/C15H25NO3/c1-10-8-15(9-13(17)14(2,18)19-15)11-6-4-5-7-12(11)16(10)3/h10-12,18H,4-9H2,1-3H3. The molecule has 3 fully saturated rings. The molecule has 3 aliphatic rings. The Bertz CT molecular complexity index is 395. The fourth-order valence-electron chi connectivity index (χ4n) is 4.58. The van der Waals surface area contributed by atoms with E-state index in [0.717, 1.165) is 12.8 Å². The number of nitrogens with zero attached hydrogens (tertiary/aromatic N) is 1. The molecule has 5 unspecified atom stereocenters. The SMILES string of the molecule is CC1CC2(CC(=O)C(C)(O)O2)C2CCCCC2N1C. The maximum atomic E-state index is 12.0. The van der Waals surface area contributed by atoms with Gasteiger partial charge in [-0.05, 0) is 40.2 Å². The zero-order chi connectivity index (χ0) is 13.8. The molecule has 2 saturated heterocycles. The summed E-state index contributed by atoms with van der Waals surface area (Å²) >= 11 is 0. The number of hydrogen-bond acceptors (Lipinski definition) is 4. The highest BCUT2D eigenvalue weighted by Gasteiger charge is 2.60. The summed E-state index contributed by atoms with van der Waals surface area (Å²) < 4.78 is 5.96. The predicted octanol–water partition coefficient (Wildman–Crippen LogP) is 1.71. The fourth-order valence-corrected chi connectivity index (χ4v) is 4.58. The number of ether oxygens (including phenoxy) is 1. The summed E-state index contributed by atoms with van der Waals surface area (Å²) in [5.41, 5.74) is -0.419. The third-order valence-corrected chi connectivity index (χ3v) is 5.64. The van der Waals surface area contributed by atoms with Gasteiger partial charge >= 0.3 is 0 Å². The number of ketones is 1. The van der Waals surface area contributed by atoms with Crippen LogP contribution in [0, 0.1) is 5.92 Å². The molecule has 1 saturated carbocycles. The van der Waals surface area contributed by atoms with Crippen LogP contribution in [0.1, 0.15) is 52.4 Å². The monoisotopic (exact) mass is 267 g/mol. The van der Waals surface area contributed by atoms with Gasteiger partial charge in [0.25, 0.3) is 0 Å². The van der Waals surface area contributed by atoms with E-state index < -0.39 is 11.4 Å². The summed E-state index contributed by atoms with van der Waals surface area (Å²) in [5.74, 6) is -1.33. The van der Waals surface area contributed by atoms with Gasteiger partial charge in [0.1, 0.15) is 0 Å². The predicted molar refractivity (Wildman–Crippen MR) is 71.7 cm³/mol. The second kappa shape index (κ2) is 4.27. The molecule has 0 aromatic rings. The van der Waals surface area contributed by atoms with Crippen molar-refractivity contribution in [2.24, 2.45) is 5.92 Å². The Morgan fingerprint density at radius 2 is 2.05 bits per heavy atom. The highest BCUT2D eigenvalue weighted by molar-refractivity contribution is 5.88. The van der Waals surface area contributed by atoms with Gasteiger partial charge in [0, 0.05) is 24.4 Å². The first kappa shape index (κ1) is 13.5. The van der Waals surface area contributed by atoms with Crippen LogP contribution in [-0.4, -0.2) is 46.3 Å². The van der Waals surface area contributed by atoms with E-state index in [2.05, 4.69) is 18.9 Å². The van der Waals surface area contributed by atoms with Gasteiger partial charge < -0.3 is 14.7 Å². The van der Waals surface area contributed by atoms with E-state index in [1.54, 1.807) is 0 Å². The molecule has 1 N–H and O–H groups in total. The van der Waals surface area contributed by atoms with E-state index in [9.17, 15) is 9.90 Å². The first-order chi connectivity index (χ1) is 8.86. The fraction of sp³-hybridized carbons (Fsp3) is 0.933. The number of fused-ring (bicyclic) bond motifs is 2. The Hall–Kier alpha value is -0.450. The maximum absolute atomic E-state index is 12.0. The topological polar surface area (TPSA) is 49.8 Å². The minimum Gasteiger partial charge on any atom is -0.360 e. The molecular weight excluding hydrogens is 242 g/mol. The van der Waals surface area contributed by atoms with Crippen molar-refractivity contribution < 1.29 is 14.6 Å². The lowest BCUT2D eigenvalue weighted by Gasteiger charge is -2.54. The molecule has 4 nitrogen and oxygen atoms in total. The van der Waals surface area contributed by atoms with Gasteiger partial charge in [-0.15, -0.1) is 0 Å². The van der Waals surface area contributed by atoms with E-state index in [1.807, 2.05) is 0 Å². The molecule has 1 spiro atoms. The van der Waals surface area contributed by atoms with Crippen LogP contribution in [0.15, 0.2) is 0 Å². The van der Waals surface area contributed by atoms with Crippen LogP contribution in [0.5, 0.6) is 0 Å². The molecule has 4 heteroatoms. The highest BCUT2D eigenvalue weighted by Crippen LogP contribution is 2.51. The maximum Gasteiger partial charge on any atom is 0.224 e. The van der Waals surface area contributed by atoms with E-state index in [1.165, 1.54) is 26.2 Å². The largest absolute Gasteiger partial charge is 0.360 e. The molecule has 5 atom stereocenters. The summed E-state index contributed by atoms with van der Waals surface area (Å²) in [7, 11) is 2.19. The summed E-state index contributed by atoms with van der Waals surface area (Å²) in [6.07, 6.45) is 6.02. The Labute approximate surface area is 115 Å². The van der Waals surface area contributed by atoms with Crippen LogP contribution in [0.25, 0.3) is 0 Å². The van der Waals surface area contributed by atoms with Crippen molar-refractivity contribution in [3.05, 3.63) is 0 Å². The summed E-state index contributed by atoms with van der Waals surface area (Å²) in [6.45, 7) is 3.71. The molecule has 2 aliphatic heterocycles. The van der Waals surface area contributed by atoms with Gasteiger partial charge in [-0.25, -0.2) is 0 Å². The molecule has 0 bridgehead atoms. The molecule has 1 aliphatic carbocycles. The smallest absolute Gasteiger partial charge is 0.224 e. The molecule has 108 valence electrons. The van der Waals surface area contributed by atoms with Crippen LogP contribution < -0.4 is 0 Å². The average Bonchev–Trinajstić information content (AvgIpc) is 2.58. The van der Waals surface area contributed by atoms with Gasteiger partial charge in [-0.2, -0.15) is 0 Å². The van der Waals surface area contributed by atoms with Crippen LogP contribution in [0.3, 0.4) is 0 Å². The first-order valence-electron chi connectivity index (χ1n) is 7.53. The number of Topliss-reactive ketones (excluding diaryl/α,β-unsaturated/α-hetero) is 1. The number of carbonyl (C=O) groups excluding carboxylic acids is 1. The second-order valence-corrected chi connectivity index (χ2v) is 6.93. The van der Waals surface area contributed by atoms with Crippen molar-refractivity contribution in [3.63, 3.8) is 0 Å². The van der Waals surface area contributed by atoms with Crippen molar-refractivity contribution in [3.8, 4) is 0 Å². The van der Waals surface area contributed by atoms with Gasteiger partial charge in [0.2, 0.25) is 5.79 Å². The average molecular weight is 267 g/mol. The number of likely N-dealkylation sites (tertiary alicyclic amines) is 1. The van der Waals surface area contributed by atoms with E-state index in [-0.39, 0.29) is 5.78 Å². The van der Waals surface area contributed by atoms with Crippen LogP contribution >= 0.6 is 0 Å². The quantitative estimate of drug-likeness (QED) is 0.726. The Balaban J connectivity index is 1.94. The van der Waals surface area contributed by atoms with Gasteiger partial charge in [-0.1, -0.05) is 12.8 Å². The Morgan fingerprint density at radius 1 is 1.37 bits per heavy atom. The highest BCUT2D eigenvalue weighted by atomic mass is 16.7. The molecule has 2 heterocycles. The third kappa shape index (κ3) is 1.96. The van der Waals surface area contributed by atoms with Crippen molar-refractivity contribution in [2.45, 2.75) is 75.8 Å². The van der Waals surface area contributed by atoms with E-state index in [0.29, 0.717) is 24.4 Å². The summed E-state index contributed by atoms with van der Waals surface area (Å²) in [4.78, 5) is 14.5. The van der Waals surface area contributed by atoms with Gasteiger partial charge in [-0.3, -0.25) is 4.79 Å². The van der Waals surface area contributed by atoms with Gasteiger partial charge in [0.05, 0.1) is 5.60 Å². The van der Waals surface area contributed by atoms with Crippen LogP contribution in [0.2, 0.25) is 0 Å². The molecule has 0 aromatic heterocycles. The molecule has 3 rings (SSSR count). The normalized spacial score (nSPS) is 51.6. The van der Waals surface area contributed by atoms with Crippen LogP contribution in [-0.2, 0) is 9.53 Å². The minimum absolute atomic E-state index is 0.145. The summed E-state index contributed by atoms with van der Waals surface area (Å²) in [6, 6.07) is 0.903. The summed E-state index contributed by atoms with van der Waals surface area (Å²) in [5, 5.41) is 10.1. The lowest BCUT2D eigenvalue weighted by Crippen LogP contribution is -2.61. The van der Waals surface area contributed by atoms with Crippen molar-refractivity contribution in [1.82, 2.24) is 4.90 Å². The second-order valence-electron chi connectivity index (χ2n) is 6.93. The number of hydrogen-bond donors (Lipinski definition) is 1.